The van der Waals surface area contributed by atoms with Gasteiger partial charge in [-0.3, -0.25) is 9.59 Å². The van der Waals surface area contributed by atoms with Crippen LogP contribution in [0.5, 0.6) is 0 Å². The van der Waals surface area contributed by atoms with Crippen molar-refractivity contribution in [2.45, 2.75) is 6.92 Å². The molecule has 0 aliphatic heterocycles. The molecule has 0 saturated heterocycles. The minimum Gasteiger partial charge on any atom is -0.376 e. The first-order valence-corrected chi connectivity index (χ1v) is 7.31. The predicted octanol–water partition coefficient (Wildman–Crippen LogP) is 4.25. The number of Topliss-reactive ketones (excluding diaryl/α,β-unsaturated/α-hetero) is 1. The van der Waals surface area contributed by atoms with Gasteiger partial charge in [0.1, 0.15) is 0 Å². The SMILES string of the molecule is CC(=O)c1cccc(NCC(=O)Nc2ccc(Cl)cc2Cl)c1. The summed E-state index contributed by atoms with van der Waals surface area (Å²) in [5, 5.41) is 6.52. The molecular formula is C16H14Cl2N2O2. The number of hydrogen-bond acceptors (Lipinski definition) is 3. The van der Waals surface area contributed by atoms with Crippen molar-refractivity contribution < 1.29 is 9.59 Å². The zero-order valence-corrected chi connectivity index (χ0v) is 13.3. The molecule has 0 atom stereocenters. The Balaban J connectivity index is 1.95. The van der Waals surface area contributed by atoms with Gasteiger partial charge >= 0.3 is 0 Å². The normalized spacial score (nSPS) is 10.1. The molecule has 2 rings (SSSR count). The van der Waals surface area contributed by atoms with E-state index in [0.717, 1.165) is 0 Å². The van der Waals surface area contributed by atoms with Crippen LogP contribution in [0.3, 0.4) is 0 Å². The van der Waals surface area contributed by atoms with Crippen molar-refractivity contribution in [3.63, 3.8) is 0 Å². The maximum atomic E-state index is 11.9. The van der Waals surface area contributed by atoms with Gasteiger partial charge in [0.15, 0.2) is 5.78 Å². The third kappa shape index (κ3) is 4.48. The summed E-state index contributed by atoms with van der Waals surface area (Å²) in [7, 11) is 0. The minimum absolute atomic E-state index is 0.0268. The molecule has 2 aromatic carbocycles. The fourth-order valence-corrected chi connectivity index (χ4v) is 2.27. The lowest BCUT2D eigenvalue weighted by atomic mass is 10.1. The van der Waals surface area contributed by atoms with E-state index in [1.807, 2.05) is 0 Å². The Morgan fingerprint density at radius 2 is 1.86 bits per heavy atom. The molecule has 22 heavy (non-hydrogen) atoms. The van der Waals surface area contributed by atoms with Crippen LogP contribution in [-0.4, -0.2) is 18.2 Å². The summed E-state index contributed by atoms with van der Waals surface area (Å²) in [4.78, 5) is 23.2. The number of hydrogen-bond donors (Lipinski definition) is 2. The molecule has 2 aromatic rings. The Bertz CT molecular complexity index is 717. The number of carbonyl (C=O) groups is 2. The van der Waals surface area contributed by atoms with Crippen molar-refractivity contribution >= 4 is 46.3 Å². The Kier molecular flexibility index (Phi) is 5.41. The van der Waals surface area contributed by atoms with E-state index in [-0.39, 0.29) is 18.2 Å². The van der Waals surface area contributed by atoms with Gasteiger partial charge in [-0.2, -0.15) is 0 Å². The Hall–Kier alpha value is -2.04. The lowest BCUT2D eigenvalue weighted by molar-refractivity contribution is -0.114. The number of amides is 1. The summed E-state index contributed by atoms with van der Waals surface area (Å²) < 4.78 is 0. The van der Waals surface area contributed by atoms with Gasteiger partial charge in [0.25, 0.3) is 0 Å². The van der Waals surface area contributed by atoms with Crippen LogP contribution in [-0.2, 0) is 4.79 Å². The first-order valence-electron chi connectivity index (χ1n) is 6.55. The van der Waals surface area contributed by atoms with Gasteiger partial charge in [-0.1, -0.05) is 35.3 Å². The molecule has 4 nitrogen and oxygen atoms in total. The lowest BCUT2D eigenvalue weighted by Gasteiger charge is -2.10. The molecule has 114 valence electrons. The summed E-state index contributed by atoms with van der Waals surface area (Å²) in [6.45, 7) is 1.55. The number of benzene rings is 2. The number of ketones is 1. The van der Waals surface area contributed by atoms with Crippen LogP contribution < -0.4 is 10.6 Å². The minimum atomic E-state index is -0.252. The highest BCUT2D eigenvalue weighted by molar-refractivity contribution is 6.36. The molecule has 6 heteroatoms. The standard InChI is InChI=1S/C16H14Cl2N2O2/c1-10(21)11-3-2-4-13(7-11)19-9-16(22)20-15-6-5-12(17)8-14(15)18/h2-8,19H,9H2,1H3,(H,20,22). The molecule has 0 unspecified atom stereocenters. The van der Waals surface area contributed by atoms with Crippen molar-refractivity contribution in [2.24, 2.45) is 0 Å². The Morgan fingerprint density at radius 3 is 2.55 bits per heavy atom. The fraction of sp³-hybridized carbons (Fsp3) is 0.125. The Morgan fingerprint density at radius 1 is 1.09 bits per heavy atom. The van der Waals surface area contributed by atoms with Gasteiger partial charge in [-0.25, -0.2) is 0 Å². The van der Waals surface area contributed by atoms with E-state index < -0.39 is 0 Å². The van der Waals surface area contributed by atoms with Crippen LogP contribution in [0.4, 0.5) is 11.4 Å². The second-order valence-corrected chi connectivity index (χ2v) is 5.51. The summed E-state index contributed by atoms with van der Waals surface area (Å²) in [6, 6.07) is 11.8. The molecule has 0 saturated carbocycles. The van der Waals surface area contributed by atoms with Gasteiger partial charge in [-0.05, 0) is 37.3 Å². The summed E-state index contributed by atoms with van der Waals surface area (Å²) in [5.74, 6) is -0.279. The van der Waals surface area contributed by atoms with Crippen molar-refractivity contribution in [3.05, 3.63) is 58.1 Å². The van der Waals surface area contributed by atoms with Crippen molar-refractivity contribution in [2.75, 3.05) is 17.2 Å². The van der Waals surface area contributed by atoms with Gasteiger partial charge < -0.3 is 10.6 Å². The molecule has 0 heterocycles. The monoisotopic (exact) mass is 336 g/mol. The molecule has 0 aliphatic rings. The zero-order chi connectivity index (χ0) is 16.1. The van der Waals surface area contributed by atoms with Crippen molar-refractivity contribution in [1.29, 1.82) is 0 Å². The van der Waals surface area contributed by atoms with Crippen LogP contribution in [0.15, 0.2) is 42.5 Å². The van der Waals surface area contributed by atoms with E-state index in [9.17, 15) is 9.59 Å². The molecule has 0 spiro atoms. The first kappa shape index (κ1) is 16.3. The number of rotatable bonds is 5. The highest BCUT2D eigenvalue weighted by Gasteiger charge is 2.07. The molecule has 0 aliphatic carbocycles. The highest BCUT2D eigenvalue weighted by Crippen LogP contribution is 2.25. The molecule has 0 bridgehead atoms. The number of carbonyl (C=O) groups excluding carboxylic acids is 2. The van der Waals surface area contributed by atoms with Crippen LogP contribution in [0, 0.1) is 0 Å². The van der Waals surface area contributed by atoms with Gasteiger partial charge in [0, 0.05) is 16.3 Å². The highest BCUT2D eigenvalue weighted by atomic mass is 35.5. The molecule has 0 fully saturated rings. The van der Waals surface area contributed by atoms with E-state index in [4.69, 9.17) is 23.2 Å². The predicted molar refractivity (Wildman–Crippen MR) is 90.0 cm³/mol. The maximum Gasteiger partial charge on any atom is 0.243 e. The number of anilines is 2. The van der Waals surface area contributed by atoms with E-state index in [1.54, 1.807) is 42.5 Å². The maximum absolute atomic E-state index is 11.9. The van der Waals surface area contributed by atoms with Gasteiger partial charge in [0.05, 0.1) is 17.3 Å². The topological polar surface area (TPSA) is 58.2 Å². The Labute approximate surface area is 138 Å². The number of nitrogens with one attached hydrogen (secondary N) is 2. The van der Waals surface area contributed by atoms with E-state index >= 15 is 0 Å². The molecule has 1 amide bonds. The van der Waals surface area contributed by atoms with Crippen LogP contribution >= 0.6 is 23.2 Å². The molecular weight excluding hydrogens is 323 g/mol. The molecule has 0 radical (unpaired) electrons. The molecule has 0 aromatic heterocycles. The van der Waals surface area contributed by atoms with E-state index in [2.05, 4.69) is 10.6 Å². The number of halogens is 2. The van der Waals surface area contributed by atoms with E-state index in [1.165, 1.54) is 6.92 Å². The average Bonchev–Trinajstić information content (AvgIpc) is 2.48. The first-order chi connectivity index (χ1) is 10.5. The largest absolute Gasteiger partial charge is 0.376 e. The summed E-state index contributed by atoms with van der Waals surface area (Å²) in [6.07, 6.45) is 0. The van der Waals surface area contributed by atoms with Crippen molar-refractivity contribution in [3.8, 4) is 0 Å². The zero-order valence-electron chi connectivity index (χ0n) is 11.8. The second kappa shape index (κ2) is 7.29. The third-order valence-corrected chi connectivity index (χ3v) is 3.48. The van der Waals surface area contributed by atoms with Crippen LogP contribution in [0.2, 0.25) is 10.0 Å². The summed E-state index contributed by atoms with van der Waals surface area (Å²) in [5.41, 5.74) is 1.78. The average molecular weight is 337 g/mol. The summed E-state index contributed by atoms with van der Waals surface area (Å²) >= 11 is 11.8. The van der Waals surface area contributed by atoms with Gasteiger partial charge in [-0.15, -0.1) is 0 Å². The third-order valence-electron chi connectivity index (χ3n) is 2.93. The smallest absolute Gasteiger partial charge is 0.243 e. The van der Waals surface area contributed by atoms with Crippen LogP contribution in [0.25, 0.3) is 0 Å². The fourth-order valence-electron chi connectivity index (χ4n) is 1.82. The van der Waals surface area contributed by atoms with Gasteiger partial charge in [0.2, 0.25) is 5.91 Å². The van der Waals surface area contributed by atoms with Crippen molar-refractivity contribution in [1.82, 2.24) is 0 Å². The van der Waals surface area contributed by atoms with Crippen LogP contribution in [0.1, 0.15) is 17.3 Å². The molecule has 2 N–H and O–H groups in total. The lowest BCUT2D eigenvalue weighted by Crippen LogP contribution is -2.22. The van der Waals surface area contributed by atoms with E-state index in [0.29, 0.717) is 27.0 Å². The quantitative estimate of drug-likeness (QED) is 0.802. The second-order valence-electron chi connectivity index (χ2n) is 4.66.